The van der Waals surface area contributed by atoms with E-state index in [0.29, 0.717) is 0 Å². The van der Waals surface area contributed by atoms with Gasteiger partial charge in [-0.2, -0.15) is 23.6 Å². The van der Waals surface area contributed by atoms with Gasteiger partial charge in [0.05, 0.1) is 5.52 Å². The molecule has 6 aromatic rings. The number of rotatable bonds is 1. The fourth-order valence-electron chi connectivity index (χ4n) is 3.92. The van der Waals surface area contributed by atoms with Gasteiger partial charge >= 0.3 is 41.9 Å². The molecule has 0 radical (unpaired) electrons. The third kappa shape index (κ3) is 7.72. The van der Waals surface area contributed by atoms with Crippen molar-refractivity contribution in [3.8, 4) is 11.1 Å². The molecule has 1 nitrogen and oxygen atoms in total. The van der Waals surface area contributed by atoms with Crippen LogP contribution in [0.2, 0.25) is 13.1 Å². The first-order chi connectivity index (χ1) is 16.0. The van der Waals surface area contributed by atoms with Crippen LogP contribution in [0.15, 0.2) is 109 Å². The molecule has 1 heterocycles. The number of benzene rings is 3. The van der Waals surface area contributed by atoms with Crippen molar-refractivity contribution in [3.63, 3.8) is 0 Å². The Hall–Kier alpha value is -2.03. The fraction of sp³-hybridized carbons (Fsp3) is 0.100. The monoisotopic (exact) mass is 589 g/mol. The standard InChI is InChI=1S/C19H14N.C9H7.C2H6Si.2ClH.Zr/c1-13-9-14-6-4-7-17(18(14)10-13)16-11-15-5-2-3-8-19(15)20-12-16;1-2-5-9-7-3-6-8(9)4-1;1-3-2;;;/h2-12H,1H3;1-7H;1-2H3;2*1H;/q2*-1;;;;+2/p-2. The van der Waals surface area contributed by atoms with E-state index in [2.05, 4.69) is 116 Å². The second kappa shape index (κ2) is 13.9. The van der Waals surface area contributed by atoms with Crippen molar-refractivity contribution in [1.29, 1.82) is 0 Å². The molecule has 5 heteroatoms. The maximum atomic E-state index is 4.57. The number of hydrogen-bond donors (Lipinski definition) is 0. The molecule has 0 aliphatic heterocycles. The van der Waals surface area contributed by atoms with Gasteiger partial charge in [0.1, 0.15) is 0 Å². The average Bonchev–Trinajstić information content (AvgIpc) is 3.44. The van der Waals surface area contributed by atoms with Gasteiger partial charge < -0.3 is 24.8 Å². The summed E-state index contributed by atoms with van der Waals surface area (Å²) < 4.78 is 0. The third-order valence-corrected chi connectivity index (χ3v) is 5.34. The van der Waals surface area contributed by atoms with E-state index in [4.69, 9.17) is 0 Å². The van der Waals surface area contributed by atoms with Gasteiger partial charge in [-0.3, -0.25) is 4.98 Å². The second-order valence-electron chi connectivity index (χ2n) is 8.41. The molecule has 0 bridgehead atoms. The van der Waals surface area contributed by atoms with Gasteiger partial charge in [0, 0.05) is 11.6 Å². The largest absolute Gasteiger partial charge is 1.00 e. The summed E-state index contributed by atoms with van der Waals surface area (Å²) in [5.74, 6) is 0. The number of aryl methyl sites for hydroxylation is 1. The molecular weight excluding hydrogens is 565 g/mol. The van der Waals surface area contributed by atoms with Crippen LogP contribution < -0.4 is 24.8 Å². The van der Waals surface area contributed by atoms with Gasteiger partial charge in [-0.05, 0) is 17.7 Å². The van der Waals surface area contributed by atoms with E-state index in [0.717, 1.165) is 5.52 Å². The third-order valence-electron chi connectivity index (χ3n) is 5.34. The van der Waals surface area contributed by atoms with Crippen molar-refractivity contribution in [1.82, 2.24) is 4.98 Å². The maximum absolute atomic E-state index is 4.57. The Bertz CT molecular complexity index is 1500. The van der Waals surface area contributed by atoms with Crippen molar-refractivity contribution >= 4 is 37.9 Å². The minimum absolute atomic E-state index is 0. The Morgan fingerprint density at radius 1 is 0.771 bits per heavy atom. The van der Waals surface area contributed by atoms with Crippen LogP contribution in [0.4, 0.5) is 0 Å². The number of pyridine rings is 1. The molecule has 0 spiro atoms. The summed E-state index contributed by atoms with van der Waals surface area (Å²) in [6.07, 6.45) is 1.97. The maximum Gasteiger partial charge on any atom is 0.0702 e. The molecule has 6 rings (SSSR count). The summed E-state index contributed by atoms with van der Waals surface area (Å²) in [7, 11) is 0. The molecule has 0 unspecified atom stereocenters. The molecule has 0 amide bonds. The van der Waals surface area contributed by atoms with Crippen LogP contribution >= 0.6 is 0 Å². The van der Waals surface area contributed by atoms with Crippen LogP contribution in [-0.4, -0.2) is 10.4 Å². The average molecular weight is 592 g/mol. The number of aromatic nitrogens is 1. The van der Waals surface area contributed by atoms with Gasteiger partial charge in [-0.25, -0.2) is 0 Å². The van der Waals surface area contributed by atoms with Crippen LogP contribution in [0.25, 0.3) is 43.6 Å². The van der Waals surface area contributed by atoms with E-state index in [9.17, 15) is 0 Å². The van der Waals surface area contributed by atoms with E-state index in [-0.39, 0.29) is 30.2 Å². The van der Waals surface area contributed by atoms with Gasteiger partial charge in [0.2, 0.25) is 0 Å². The molecule has 0 saturated heterocycles. The molecule has 35 heavy (non-hydrogen) atoms. The molecule has 0 aliphatic rings. The summed E-state index contributed by atoms with van der Waals surface area (Å²) >= 11 is 1.74. The van der Waals surface area contributed by atoms with E-state index in [1.807, 2.05) is 18.3 Å². The SMILES string of the molecule is C[Si](C)=[Zr+2].Cc1cc2c(-c3cnc4ccccc4c3)cccc2[cH-]1.[Cl-].[Cl-].c1ccc2[cH-]ccc2c1. The summed E-state index contributed by atoms with van der Waals surface area (Å²) in [6.45, 7) is 6.76. The number of nitrogens with zero attached hydrogens (tertiary/aromatic N) is 1. The number of hydrogen-bond acceptors (Lipinski definition) is 1. The first-order valence-electron chi connectivity index (χ1n) is 11.1. The van der Waals surface area contributed by atoms with E-state index < -0.39 is 0 Å². The van der Waals surface area contributed by atoms with Crippen LogP contribution in [-0.2, 0) is 23.3 Å². The molecule has 0 fully saturated rings. The molecule has 176 valence electrons. The zero-order valence-electron chi connectivity index (χ0n) is 20.1. The number of fused-ring (bicyclic) bond motifs is 3. The molecular formula is C30H27Cl2NSiZr-2. The minimum atomic E-state index is 0. The van der Waals surface area contributed by atoms with E-state index in [1.165, 1.54) is 43.6 Å². The first-order valence-corrected chi connectivity index (χ1v) is 17.3. The predicted molar refractivity (Wildman–Crippen MR) is 142 cm³/mol. The van der Waals surface area contributed by atoms with Crippen molar-refractivity contribution in [2.24, 2.45) is 0 Å². The molecule has 0 N–H and O–H groups in total. The quantitative estimate of drug-likeness (QED) is 0.212. The summed E-state index contributed by atoms with van der Waals surface area (Å²) in [5.41, 5.74) is 5.00. The first kappa shape index (κ1) is 29.2. The van der Waals surface area contributed by atoms with Crippen molar-refractivity contribution in [2.75, 3.05) is 0 Å². The Morgan fingerprint density at radius 2 is 1.43 bits per heavy atom. The number of para-hydroxylation sites is 1. The molecule has 5 aromatic carbocycles. The normalized spacial score (nSPS) is 9.86. The Morgan fingerprint density at radius 3 is 2.17 bits per heavy atom. The molecule has 0 aliphatic carbocycles. The smallest absolute Gasteiger partial charge is 0.0702 e. The Labute approximate surface area is 235 Å². The summed E-state index contributed by atoms with van der Waals surface area (Å²) in [5, 5.41) is 6.45. The second-order valence-corrected chi connectivity index (χ2v) is 17.8. The zero-order valence-corrected chi connectivity index (χ0v) is 25.1. The van der Waals surface area contributed by atoms with Crippen LogP contribution in [0, 0.1) is 6.92 Å². The van der Waals surface area contributed by atoms with Crippen LogP contribution in [0.1, 0.15) is 5.56 Å². The van der Waals surface area contributed by atoms with Gasteiger partial charge in [0.15, 0.2) is 0 Å². The van der Waals surface area contributed by atoms with Crippen LogP contribution in [0.3, 0.4) is 0 Å². The Balaban J connectivity index is 0.000000242. The predicted octanol–water partition coefficient (Wildman–Crippen LogP) is 2.43. The van der Waals surface area contributed by atoms with Gasteiger partial charge in [-0.15, -0.1) is 64.2 Å². The van der Waals surface area contributed by atoms with Crippen molar-refractivity contribution in [2.45, 2.75) is 20.0 Å². The minimum Gasteiger partial charge on any atom is -1.00 e. The molecule has 0 saturated carbocycles. The topological polar surface area (TPSA) is 12.9 Å². The molecule has 0 atom stereocenters. The zero-order chi connectivity index (χ0) is 23.2. The van der Waals surface area contributed by atoms with Gasteiger partial charge in [0.25, 0.3) is 0 Å². The fourth-order valence-corrected chi connectivity index (χ4v) is 3.92. The van der Waals surface area contributed by atoms with E-state index in [1.54, 1.807) is 23.3 Å². The summed E-state index contributed by atoms with van der Waals surface area (Å²) in [6, 6.07) is 36.1. The summed E-state index contributed by atoms with van der Waals surface area (Å²) in [4.78, 5) is 4.57. The Kier molecular flexibility index (Phi) is 11.6. The van der Waals surface area contributed by atoms with E-state index >= 15 is 0 Å². The van der Waals surface area contributed by atoms with Gasteiger partial charge in [-0.1, -0.05) is 42.8 Å². The van der Waals surface area contributed by atoms with Crippen LogP contribution in [0.5, 0.6) is 0 Å². The molecule has 1 aromatic heterocycles. The number of halogens is 2. The van der Waals surface area contributed by atoms with Crippen molar-refractivity contribution in [3.05, 3.63) is 115 Å². The van der Waals surface area contributed by atoms with Crippen molar-refractivity contribution < 1.29 is 48.1 Å².